The second-order valence-electron chi connectivity index (χ2n) is 7.91. The van der Waals surface area contributed by atoms with Crippen molar-refractivity contribution in [1.29, 1.82) is 0 Å². The van der Waals surface area contributed by atoms with Gasteiger partial charge in [0.05, 0.1) is 5.54 Å². The fourth-order valence-corrected chi connectivity index (χ4v) is 4.72. The third-order valence-electron chi connectivity index (χ3n) is 6.28. The van der Waals surface area contributed by atoms with Crippen molar-refractivity contribution < 1.29 is 13.9 Å². The predicted molar refractivity (Wildman–Crippen MR) is 109 cm³/mol. The summed E-state index contributed by atoms with van der Waals surface area (Å²) in [6, 6.07) is 14.2. The number of amides is 1. The largest absolute Gasteiger partial charge is 0.484 e. The Morgan fingerprint density at radius 3 is 2.66 bits per heavy atom. The van der Waals surface area contributed by atoms with E-state index in [4.69, 9.17) is 4.74 Å². The first kappa shape index (κ1) is 18.2. The molecular formula is C23H24FN3O2. The summed E-state index contributed by atoms with van der Waals surface area (Å²) in [4.78, 5) is 18.1. The van der Waals surface area contributed by atoms with E-state index < -0.39 is 0 Å². The maximum absolute atomic E-state index is 13.0. The van der Waals surface area contributed by atoms with Crippen LogP contribution >= 0.6 is 0 Å². The highest BCUT2D eigenvalue weighted by Crippen LogP contribution is 2.40. The van der Waals surface area contributed by atoms with Crippen LogP contribution in [-0.2, 0) is 16.8 Å². The summed E-state index contributed by atoms with van der Waals surface area (Å²) in [6.45, 7) is 2.31. The van der Waals surface area contributed by atoms with E-state index in [9.17, 15) is 9.18 Å². The molecule has 2 aliphatic rings. The number of piperidine rings is 1. The van der Waals surface area contributed by atoms with Crippen LogP contribution in [0.5, 0.6) is 5.75 Å². The Bertz CT molecular complexity index is 1040. The number of H-pyrrole nitrogens is 1. The number of carbonyl (C=O) groups is 1. The van der Waals surface area contributed by atoms with E-state index in [0.717, 1.165) is 25.8 Å². The van der Waals surface area contributed by atoms with Gasteiger partial charge < -0.3 is 19.9 Å². The molecule has 6 heteroatoms. The molecule has 1 amide bonds. The molecule has 2 aliphatic heterocycles. The minimum atomic E-state index is -0.318. The van der Waals surface area contributed by atoms with Crippen molar-refractivity contribution in [2.24, 2.45) is 0 Å². The van der Waals surface area contributed by atoms with Crippen molar-refractivity contribution in [2.75, 3.05) is 26.2 Å². The van der Waals surface area contributed by atoms with Crippen LogP contribution in [-0.4, -0.2) is 42.0 Å². The molecule has 2 aromatic carbocycles. The number of hydrogen-bond donors (Lipinski definition) is 2. The molecule has 5 nitrogen and oxygen atoms in total. The van der Waals surface area contributed by atoms with E-state index in [0.29, 0.717) is 18.8 Å². The van der Waals surface area contributed by atoms with Crippen LogP contribution in [0.2, 0.25) is 0 Å². The standard InChI is InChI=1S/C23H24FN3O2/c24-16-5-7-17(8-6-16)29-15-21(28)27-13-10-23(11-14-27)22-19(9-12-25-23)18-3-1-2-4-20(18)26-22/h1-8,25-26H,9-15H2. The zero-order chi connectivity index (χ0) is 19.8. The molecule has 5 rings (SSSR count). The minimum Gasteiger partial charge on any atom is -0.484 e. The first-order valence-electron chi connectivity index (χ1n) is 10.2. The van der Waals surface area contributed by atoms with E-state index in [2.05, 4.69) is 34.6 Å². The second-order valence-corrected chi connectivity index (χ2v) is 7.91. The smallest absolute Gasteiger partial charge is 0.260 e. The molecule has 1 saturated heterocycles. The van der Waals surface area contributed by atoms with Gasteiger partial charge in [-0.2, -0.15) is 0 Å². The number of nitrogens with one attached hydrogen (secondary N) is 2. The molecule has 0 unspecified atom stereocenters. The van der Waals surface area contributed by atoms with Crippen molar-refractivity contribution in [3.8, 4) is 5.75 Å². The van der Waals surface area contributed by atoms with Gasteiger partial charge in [-0.15, -0.1) is 0 Å². The monoisotopic (exact) mass is 393 g/mol. The number of rotatable bonds is 3. The first-order chi connectivity index (χ1) is 14.1. The lowest BCUT2D eigenvalue weighted by Gasteiger charge is -2.44. The number of halogens is 1. The Morgan fingerprint density at radius 2 is 1.86 bits per heavy atom. The Hall–Kier alpha value is -2.86. The third kappa shape index (κ3) is 3.27. The third-order valence-corrected chi connectivity index (χ3v) is 6.28. The van der Waals surface area contributed by atoms with Crippen LogP contribution in [0, 0.1) is 5.82 Å². The number of para-hydroxylation sites is 1. The molecule has 1 aromatic heterocycles. The zero-order valence-corrected chi connectivity index (χ0v) is 16.2. The first-order valence-corrected chi connectivity index (χ1v) is 10.2. The molecule has 150 valence electrons. The summed E-state index contributed by atoms with van der Waals surface area (Å²) >= 11 is 0. The van der Waals surface area contributed by atoms with Gasteiger partial charge in [0.2, 0.25) is 0 Å². The molecule has 0 atom stereocenters. The number of aromatic nitrogens is 1. The van der Waals surface area contributed by atoms with E-state index >= 15 is 0 Å². The van der Waals surface area contributed by atoms with Crippen molar-refractivity contribution in [1.82, 2.24) is 15.2 Å². The zero-order valence-electron chi connectivity index (χ0n) is 16.2. The van der Waals surface area contributed by atoms with Crippen LogP contribution in [0.4, 0.5) is 4.39 Å². The molecule has 1 fully saturated rings. The molecule has 0 bridgehead atoms. The number of aromatic amines is 1. The minimum absolute atomic E-state index is 0.0241. The highest BCUT2D eigenvalue weighted by Gasteiger charge is 2.42. The second kappa shape index (κ2) is 7.19. The lowest BCUT2D eigenvalue weighted by molar-refractivity contribution is -0.135. The summed E-state index contributed by atoms with van der Waals surface area (Å²) in [5, 5.41) is 5.05. The van der Waals surface area contributed by atoms with Crippen molar-refractivity contribution in [3.63, 3.8) is 0 Å². The molecule has 29 heavy (non-hydrogen) atoms. The number of likely N-dealkylation sites (tertiary alicyclic amines) is 1. The molecule has 3 aromatic rings. The molecule has 2 N–H and O–H groups in total. The maximum atomic E-state index is 13.0. The van der Waals surface area contributed by atoms with Gasteiger partial charge in [-0.05, 0) is 55.2 Å². The number of carbonyl (C=O) groups excluding carboxylic acids is 1. The highest BCUT2D eigenvalue weighted by atomic mass is 19.1. The van der Waals surface area contributed by atoms with Gasteiger partial charge in [0.25, 0.3) is 5.91 Å². The van der Waals surface area contributed by atoms with E-state index in [1.54, 1.807) is 0 Å². The van der Waals surface area contributed by atoms with Gasteiger partial charge in [-0.25, -0.2) is 4.39 Å². The van der Waals surface area contributed by atoms with Gasteiger partial charge >= 0.3 is 0 Å². The van der Waals surface area contributed by atoms with E-state index in [1.165, 1.54) is 46.4 Å². The Labute approximate surface area is 168 Å². The fourth-order valence-electron chi connectivity index (χ4n) is 4.72. The van der Waals surface area contributed by atoms with Gasteiger partial charge in [0.1, 0.15) is 11.6 Å². The van der Waals surface area contributed by atoms with Crippen LogP contribution in [0.1, 0.15) is 24.1 Å². The lowest BCUT2D eigenvalue weighted by Crippen LogP contribution is -2.55. The van der Waals surface area contributed by atoms with Crippen LogP contribution in [0.15, 0.2) is 48.5 Å². The quantitative estimate of drug-likeness (QED) is 0.718. The van der Waals surface area contributed by atoms with Gasteiger partial charge in [-0.1, -0.05) is 18.2 Å². The summed E-state index contributed by atoms with van der Waals surface area (Å²) in [5.74, 6) is 0.156. The van der Waals surface area contributed by atoms with Crippen molar-refractivity contribution >= 4 is 16.8 Å². The topological polar surface area (TPSA) is 57.4 Å². The average molecular weight is 393 g/mol. The van der Waals surface area contributed by atoms with E-state index in [-0.39, 0.29) is 23.9 Å². The highest BCUT2D eigenvalue weighted by molar-refractivity contribution is 5.85. The van der Waals surface area contributed by atoms with Crippen molar-refractivity contribution in [2.45, 2.75) is 24.8 Å². The Morgan fingerprint density at radius 1 is 1.10 bits per heavy atom. The van der Waals surface area contributed by atoms with E-state index in [1.807, 2.05) is 4.90 Å². The molecular weight excluding hydrogens is 369 g/mol. The Kier molecular flexibility index (Phi) is 4.51. The fraction of sp³-hybridized carbons (Fsp3) is 0.348. The molecule has 3 heterocycles. The predicted octanol–water partition coefficient (Wildman–Crippen LogP) is 3.35. The normalized spacial score (nSPS) is 18.0. The van der Waals surface area contributed by atoms with Gasteiger partial charge in [-0.3, -0.25) is 4.79 Å². The van der Waals surface area contributed by atoms with Crippen LogP contribution in [0.3, 0.4) is 0 Å². The summed E-state index contributed by atoms with van der Waals surface area (Å²) in [7, 11) is 0. The number of fused-ring (bicyclic) bond motifs is 4. The summed E-state index contributed by atoms with van der Waals surface area (Å²) in [6.07, 6.45) is 2.76. The summed E-state index contributed by atoms with van der Waals surface area (Å²) in [5.41, 5.74) is 3.80. The average Bonchev–Trinajstić information content (AvgIpc) is 3.14. The Balaban J connectivity index is 1.27. The van der Waals surface area contributed by atoms with Gasteiger partial charge in [0.15, 0.2) is 6.61 Å². The number of nitrogens with zero attached hydrogens (tertiary/aromatic N) is 1. The SMILES string of the molecule is O=C(COc1ccc(F)cc1)N1CCC2(CC1)NCCc1c2[nH]c2ccccc12. The van der Waals surface area contributed by atoms with Gasteiger partial charge in [0, 0.05) is 36.2 Å². The number of benzene rings is 2. The molecule has 0 aliphatic carbocycles. The lowest BCUT2D eigenvalue weighted by atomic mass is 9.79. The maximum Gasteiger partial charge on any atom is 0.260 e. The number of hydrogen-bond acceptors (Lipinski definition) is 3. The van der Waals surface area contributed by atoms with Crippen molar-refractivity contribution in [3.05, 3.63) is 65.6 Å². The molecule has 0 radical (unpaired) electrons. The summed E-state index contributed by atoms with van der Waals surface area (Å²) < 4.78 is 18.5. The number of ether oxygens (including phenoxy) is 1. The molecule has 1 spiro atoms. The van der Waals surface area contributed by atoms with Crippen LogP contribution in [0.25, 0.3) is 10.9 Å². The molecule has 0 saturated carbocycles. The van der Waals surface area contributed by atoms with Crippen LogP contribution < -0.4 is 10.1 Å².